The van der Waals surface area contributed by atoms with Crippen molar-refractivity contribution < 1.29 is 8.42 Å². The van der Waals surface area contributed by atoms with Crippen LogP contribution in [-0.2, 0) is 10.0 Å². The molecule has 0 atom stereocenters. The van der Waals surface area contributed by atoms with Gasteiger partial charge in [0.25, 0.3) is 10.0 Å². The highest BCUT2D eigenvalue weighted by Crippen LogP contribution is 2.28. The molecule has 0 saturated carbocycles. The molecule has 2 aromatic rings. The van der Waals surface area contributed by atoms with Gasteiger partial charge in [-0.2, -0.15) is 0 Å². The lowest BCUT2D eigenvalue weighted by atomic mass is 10.3. The summed E-state index contributed by atoms with van der Waals surface area (Å²) in [6, 6.07) is 11.9. The monoisotopic (exact) mass is 432 g/mol. The third-order valence-electron chi connectivity index (χ3n) is 2.72. The van der Waals surface area contributed by atoms with Gasteiger partial charge in [-0.05, 0) is 65.3 Å². The highest BCUT2D eigenvalue weighted by molar-refractivity contribution is 9.11. The largest absolute Gasteiger partial charge is 0.385 e. The molecule has 0 unspecified atom stereocenters. The molecule has 2 N–H and O–H groups in total. The minimum Gasteiger partial charge on any atom is -0.385 e. The lowest BCUT2D eigenvalue weighted by Gasteiger charge is -2.11. The lowest BCUT2D eigenvalue weighted by Crippen LogP contribution is -2.13. The average Bonchev–Trinajstić information content (AvgIpc) is 2.44. The van der Waals surface area contributed by atoms with Crippen LogP contribution in [0.2, 0.25) is 0 Å². The molecule has 0 amide bonds. The summed E-state index contributed by atoms with van der Waals surface area (Å²) in [5.41, 5.74) is 1.38. The molecule has 0 bridgehead atoms. The predicted molar refractivity (Wildman–Crippen MR) is 93.3 cm³/mol. The first-order valence-electron chi connectivity index (χ1n) is 6.24. The van der Waals surface area contributed by atoms with Crippen LogP contribution in [0, 0.1) is 0 Å². The fourth-order valence-corrected chi connectivity index (χ4v) is 3.64. The summed E-state index contributed by atoms with van der Waals surface area (Å²) in [6.45, 7) is 2.77. The van der Waals surface area contributed by atoms with E-state index in [1.54, 1.807) is 36.4 Å². The lowest BCUT2D eigenvalue weighted by molar-refractivity contribution is 0.601. The SMILES string of the molecule is CCNc1ccc(S(=O)(=O)Nc2cc(Br)ccc2Br)cc1. The molecule has 0 aliphatic rings. The van der Waals surface area contributed by atoms with E-state index in [4.69, 9.17) is 0 Å². The molecule has 0 fully saturated rings. The smallest absolute Gasteiger partial charge is 0.261 e. The standard InChI is InChI=1S/C14H14Br2N2O2S/c1-2-17-11-4-6-12(7-5-11)21(19,20)18-14-9-10(15)3-8-13(14)16/h3-9,17-18H,2H2,1H3. The van der Waals surface area contributed by atoms with Gasteiger partial charge in [-0.15, -0.1) is 0 Å². The van der Waals surface area contributed by atoms with Crippen molar-refractivity contribution in [2.24, 2.45) is 0 Å². The Bertz CT molecular complexity index is 731. The Morgan fingerprint density at radius 2 is 1.71 bits per heavy atom. The minimum absolute atomic E-state index is 0.219. The molecule has 0 radical (unpaired) electrons. The van der Waals surface area contributed by atoms with Crippen LogP contribution in [0.1, 0.15) is 6.92 Å². The van der Waals surface area contributed by atoms with E-state index in [-0.39, 0.29) is 4.90 Å². The summed E-state index contributed by atoms with van der Waals surface area (Å²) in [5, 5.41) is 3.12. The summed E-state index contributed by atoms with van der Waals surface area (Å²) in [4.78, 5) is 0.219. The third-order valence-corrected chi connectivity index (χ3v) is 5.28. The normalized spacial score (nSPS) is 11.2. The van der Waals surface area contributed by atoms with E-state index in [0.717, 1.165) is 16.7 Å². The molecular weight excluding hydrogens is 420 g/mol. The first-order chi connectivity index (χ1) is 9.92. The van der Waals surface area contributed by atoms with Crippen LogP contribution in [0.4, 0.5) is 11.4 Å². The Labute approximate surface area is 141 Å². The van der Waals surface area contributed by atoms with Crippen molar-refractivity contribution >= 4 is 53.3 Å². The van der Waals surface area contributed by atoms with Gasteiger partial charge >= 0.3 is 0 Å². The van der Waals surface area contributed by atoms with Gasteiger partial charge in [0.05, 0.1) is 10.6 Å². The summed E-state index contributed by atoms with van der Waals surface area (Å²) >= 11 is 6.65. The molecule has 21 heavy (non-hydrogen) atoms. The number of halogens is 2. The van der Waals surface area contributed by atoms with Gasteiger partial charge in [0, 0.05) is 21.2 Å². The maximum absolute atomic E-state index is 12.4. The predicted octanol–water partition coefficient (Wildman–Crippen LogP) is 4.44. The van der Waals surface area contributed by atoms with Gasteiger partial charge in [0.2, 0.25) is 0 Å². The number of hydrogen-bond acceptors (Lipinski definition) is 3. The maximum Gasteiger partial charge on any atom is 0.261 e. The molecular formula is C14H14Br2N2O2S. The Morgan fingerprint density at radius 1 is 1.05 bits per heavy atom. The summed E-state index contributed by atoms with van der Waals surface area (Å²) in [6.07, 6.45) is 0. The second-order valence-corrected chi connectivity index (χ2v) is 7.74. The minimum atomic E-state index is -3.61. The molecule has 0 heterocycles. The fourth-order valence-electron chi connectivity index (χ4n) is 1.74. The van der Waals surface area contributed by atoms with Crippen molar-refractivity contribution in [1.82, 2.24) is 0 Å². The maximum atomic E-state index is 12.4. The first kappa shape index (κ1) is 16.3. The Kier molecular flexibility index (Phi) is 5.29. The van der Waals surface area contributed by atoms with E-state index in [0.29, 0.717) is 10.2 Å². The van der Waals surface area contributed by atoms with Crippen LogP contribution in [-0.4, -0.2) is 15.0 Å². The number of sulfonamides is 1. The van der Waals surface area contributed by atoms with E-state index in [2.05, 4.69) is 41.9 Å². The molecule has 0 aliphatic carbocycles. The van der Waals surface area contributed by atoms with E-state index in [9.17, 15) is 8.42 Å². The van der Waals surface area contributed by atoms with Crippen LogP contribution >= 0.6 is 31.9 Å². The number of nitrogens with one attached hydrogen (secondary N) is 2. The number of rotatable bonds is 5. The van der Waals surface area contributed by atoms with E-state index < -0.39 is 10.0 Å². The third kappa shape index (κ3) is 4.21. The van der Waals surface area contributed by atoms with E-state index in [1.807, 2.05) is 13.0 Å². The van der Waals surface area contributed by atoms with Crippen molar-refractivity contribution in [3.63, 3.8) is 0 Å². The topological polar surface area (TPSA) is 58.2 Å². The van der Waals surface area contributed by atoms with Crippen LogP contribution in [0.5, 0.6) is 0 Å². The summed E-state index contributed by atoms with van der Waals surface area (Å²) in [7, 11) is -3.61. The zero-order valence-corrected chi connectivity index (χ0v) is 15.2. The Morgan fingerprint density at radius 3 is 2.33 bits per heavy atom. The van der Waals surface area contributed by atoms with Crippen molar-refractivity contribution in [1.29, 1.82) is 0 Å². The van der Waals surface area contributed by atoms with Crippen LogP contribution in [0.25, 0.3) is 0 Å². The number of benzene rings is 2. The van der Waals surface area contributed by atoms with Crippen molar-refractivity contribution in [2.75, 3.05) is 16.6 Å². The van der Waals surface area contributed by atoms with E-state index >= 15 is 0 Å². The molecule has 2 rings (SSSR count). The quantitative estimate of drug-likeness (QED) is 0.732. The summed E-state index contributed by atoms with van der Waals surface area (Å²) in [5.74, 6) is 0. The molecule has 112 valence electrons. The van der Waals surface area contributed by atoms with Crippen LogP contribution in [0.15, 0.2) is 56.3 Å². The van der Waals surface area contributed by atoms with Gasteiger partial charge in [0.15, 0.2) is 0 Å². The van der Waals surface area contributed by atoms with Crippen molar-refractivity contribution in [3.8, 4) is 0 Å². The molecule has 0 aromatic heterocycles. The average molecular weight is 434 g/mol. The first-order valence-corrected chi connectivity index (χ1v) is 9.31. The molecule has 2 aromatic carbocycles. The molecule has 0 saturated heterocycles. The van der Waals surface area contributed by atoms with Crippen molar-refractivity contribution in [3.05, 3.63) is 51.4 Å². The summed E-state index contributed by atoms with van der Waals surface area (Å²) < 4.78 is 28.8. The molecule has 4 nitrogen and oxygen atoms in total. The van der Waals surface area contributed by atoms with E-state index in [1.165, 1.54) is 0 Å². The van der Waals surface area contributed by atoms with Gasteiger partial charge in [-0.1, -0.05) is 15.9 Å². The Hall–Kier alpha value is -1.05. The van der Waals surface area contributed by atoms with Crippen LogP contribution in [0.3, 0.4) is 0 Å². The Balaban J connectivity index is 2.27. The zero-order valence-electron chi connectivity index (χ0n) is 11.2. The van der Waals surface area contributed by atoms with Crippen molar-refractivity contribution in [2.45, 2.75) is 11.8 Å². The van der Waals surface area contributed by atoms with Crippen LogP contribution < -0.4 is 10.0 Å². The molecule has 0 spiro atoms. The van der Waals surface area contributed by atoms with Gasteiger partial charge in [-0.3, -0.25) is 4.72 Å². The van der Waals surface area contributed by atoms with Gasteiger partial charge in [-0.25, -0.2) is 8.42 Å². The highest BCUT2D eigenvalue weighted by Gasteiger charge is 2.15. The molecule has 0 aliphatic heterocycles. The number of anilines is 2. The second-order valence-electron chi connectivity index (χ2n) is 4.28. The molecule has 7 heteroatoms. The van der Waals surface area contributed by atoms with Gasteiger partial charge < -0.3 is 5.32 Å². The highest BCUT2D eigenvalue weighted by atomic mass is 79.9. The zero-order chi connectivity index (χ0) is 15.5. The van der Waals surface area contributed by atoms with Gasteiger partial charge in [0.1, 0.15) is 0 Å². The second kappa shape index (κ2) is 6.81. The number of hydrogen-bond donors (Lipinski definition) is 2. The fraction of sp³-hybridized carbons (Fsp3) is 0.143.